The van der Waals surface area contributed by atoms with Crippen LogP contribution in [0.3, 0.4) is 0 Å². The van der Waals surface area contributed by atoms with Crippen molar-refractivity contribution >= 4 is 21.9 Å². The molecule has 0 bridgehead atoms. The molecule has 9 heteroatoms. The summed E-state index contributed by atoms with van der Waals surface area (Å²) >= 11 is 0. The highest BCUT2D eigenvalue weighted by Crippen LogP contribution is 2.19. The van der Waals surface area contributed by atoms with Gasteiger partial charge in [-0.3, -0.25) is 9.59 Å². The van der Waals surface area contributed by atoms with E-state index < -0.39 is 35.0 Å². The van der Waals surface area contributed by atoms with E-state index >= 15 is 0 Å². The Morgan fingerprint density at radius 3 is 2.24 bits per heavy atom. The van der Waals surface area contributed by atoms with Gasteiger partial charge in [-0.05, 0) is 31.2 Å². The fourth-order valence-corrected chi connectivity index (χ4v) is 2.93. The van der Waals surface area contributed by atoms with Crippen molar-refractivity contribution in [2.75, 3.05) is 19.7 Å². The van der Waals surface area contributed by atoms with E-state index in [2.05, 4.69) is 0 Å². The summed E-state index contributed by atoms with van der Waals surface area (Å²) in [7, 11) is -4.13. The number of sulfonamides is 1. The molecule has 0 fully saturated rings. The number of primary amides is 1. The van der Waals surface area contributed by atoms with Gasteiger partial charge in [0, 0.05) is 0 Å². The van der Waals surface area contributed by atoms with E-state index in [1.165, 1.54) is 24.3 Å². The first-order chi connectivity index (χ1) is 9.77. The lowest BCUT2D eigenvalue weighted by Crippen LogP contribution is -2.41. The standard InChI is InChI=1S/C12H16N2O6S/c1-2-20-9-3-5-10(6-4-9)21(18,19)14(7-11(13)15)8-12(16)17/h3-6H,2,7-8H2,1H3,(H2,13,15)(H,16,17). The number of rotatable bonds is 8. The number of benzene rings is 1. The molecule has 0 saturated heterocycles. The Bertz CT molecular complexity index is 595. The third-order valence-electron chi connectivity index (χ3n) is 2.42. The molecule has 0 aliphatic rings. The molecule has 1 aromatic rings. The number of hydrogen-bond acceptors (Lipinski definition) is 5. The normalized spacial score (nSPS) is 11.3. The first kappa shape index (κ1) is 16.9. The molecule has 1 amide bonds. The number of carbonyl (C=O) groups excluding carboxylic acids is 1. The molecule has 1 rings (SSSR count). The summed E-state index contributed by atoms with van der Waals surface area (Å²) < 4.78 is 30.3. The number of aliphatic carboxylic acids is 1. The van der Waals surface area contributed by atoms with Crippen molar-refractivity contribution in [2.24, 2.45) is 5.73 Å². The minimum absolute atomic E-state index is 0.145. The van der Waals surface area contributed by atoms with Crippen molar-refractivity contribution in [1.29, 1.82) is 0 Å². The highest BCUT2D eigenvalue weighted by molar-refractivity contribution is 7.89. The molecule has 0 aliphatic carbocycles. The average molecular weight is 316 g/mol. The van der Waals surface area contributed by atoms with E-state index in [4.69, 9.17) is 15.6 Å². The molecular formula is C12H16N2O6S. The maximum Gasteiger partial charge on any atom is 0.318 e. The van der Waals surface area contributed by atoms with Gasteiger partial charge >= 0.3 is 5.97 Å². The number of carbonyl (C=O) groups is 2. The van der Waals surface area contributed by atoms with Crippen LogP contribution >= 0.6 is 0 Å². The summed E-state index contributed by atoms with van der Waals surface area (Å²) in [6.45, 7) is 0.658. The Hall–Kier alpha value is -2.13. The number of carboxylic acids is 1. The number of nitrogens with two attached hydrogens (primary N) is 1. The lowest BCUT2D eigenvalue weighted by atomic mass is 10.3. The predicted molar refractivity (Wildman–Crippen MR) is 73.2 cm³/mol. The van der Waals surface area contributed by atoms with Crippen LogP contribution in [0, 0.1) is 0 Å². The van der Waals surface area contributed by atoms with Crippen LogP contribution in [0.25, 0.3) is 0 Å². The van der Waals surface area contributed by atoms with Crippen molar-refractivity contribution < 1.29 is 27.9 Å². The lowest BCUT2D eigenvalue weighted by molar-refractivity contribution is -0.137. The van der Waals surface area contributed by atoms with Gasteiger partial charge in [0.2, 0.25) is 15.9 Å². The predicted octanol–water partition coefficient (Wildman–Crippen LogP) is -0.354. The van der Waals surface area contributed by atoms with Crippen LogP contribution in [-0.4, -0.2) is 49.4 Å². The van der Waals surface area contributed by atoms with Gasteiger partial charge < -0.3 is 15.6 Å². The van der Waals surface area contributed by atoms with Crippen LogP contribution in [-0.2, 0) is 19.6 Å². The van der Waals surface area contributed by atoms with Crippen molar-refractivity contribution in [1.82, 2.24) is 4.31 Å². The van der Waals surface area contributed by atoms with E-state index in [1.54, 1.807) is 6.92 Å². The molecule has 1 aromatic carbocycles. The zero-order valence-corrected chi connectivity index (χ0v) is 12.2. The highest BCUT2D eigenvalue weighted by Gasteiger charge is 2.27. The number of ether oxygens (including phenoxy) is 1. The van der Waals surface area contributed by atoms with Gasteiger partial charge in [0.05, 0.1) is 18.0 Å². The molecule has 0 radical (unpaired) electrons. The molecule has 0 aromatic heterocycles. The molecule has 3 N–H and O–H groups in total. The molecular weight excluding hydrogens is 300 g/mol. The molecule has 0 spiro atoms. The van der Waals surface area contributed by atoms with Crippen LogP contribution in [0.1, 0.15) is 6.92 Å². The van der Waals surface area contributed by atoms with E-state index in [0.717, 1.165) is 0 Å². The quantitative estimate of drug-likeness (QED) is 0.674. The molecule has 116 valence electrons. The third-order valence-corrected chi connectivity index (χ3v) is 4.22. The second kappa shape index (κ2) is 7.04. The fourth-order valence-electron chi connectivity index (χ4n) is 1.57. The first-order valence-corrected chi connectivity index (χ1v) is 7.44. The van der Waals surface area contributed by atoms with Gasteiger partial charge in [-0.15, -0.1) is 0 Å². The van der Waals surface area contributed by atoms with Gasteiger partial charge in [0.1, 0.15) is 12.3 Å². The topological polar surface area (TPSA) is 127 Å². The van der Waals surface area contributed by atoms with Gasteiger partial charge in [-0.25, -0.2) is 8.42 Å². The van der Waals surface area contributed by atoms with Crippen molar-refractivity contribution in [3.05, 3.63) is 24.3 Å². The SMILES string of the molecule is CCOc1ccc(S(=O)(=O)N(CC(N)=O)CC(=O)O)cc1. The number of nitrogens with zero attached hydrogens (tertiary/aromatic N) is 1. The Kier molecular flexibility index (Phi) is 5.68. The van der Waals surface area contributed by atoms with Crippen LogP contribution in [0.4, 0.5) is 0 Å². The largest absolute Gasteiger partial charge is 0.494 e. The van der Waals surface area contributed by atoms with Crippen LogP contribution in [0.2, 0.25) is 0 Å². The Morgan fingerprint density at radius 1 is 1.24 bits per heavy atom. The van der Waals surface area contributed by atoms with Crippen molar-refractivity contribution in [3.8, 4) is 5.75 Å². The smallest absolute Gasteiger partial charge is 0.318 e. The zero-order chi connectivity index (χ0) is 16.0. The van der Waals surface area contributed by atoms with Gasteiger partial charge in [-0.2, -0.15) is 4.31 Å². The Morgan fingerprint density at radius 2 is 1.81 bits per heavy atom. The molecule has 0 heterocycles. The monoisotopic (exact) mass is 316 g/mol. The summed E-state index contributed by atoms with van der Waals surface area (Å²) in [6, 6.07) is 5.44. The van der Waals surface area contributed by atoms with E-state index in [1.807, 2.05) is 0 Å². The molecule has 0 saturated carbocycles. The number of carboxylic acid groups (broad SMARTS) is 1. The fraction of sp³-hybridized carbons (Fsp3) is 0.333. The highest BCUT2D eigenvalue weighted by atomic mass is 32.2. The summed E-state index contributed by atoms with van der Waals surface area (Å²) in [4.78, 5) is 21.5. The Labute approximate surface area is 122 Å². The van der Waals surface area contributed by atoms with Gasteiger partial charge in [-0.1, -0.05) is 0 Å². The number of hydrogen-bond donors (Lipinski definition) is 2. The van der Waals surface area contributed by atoms with Crippen LogP contribution in [0.5, 0.6) is 5.75 Å². The summed E-state index contributed by atoms with van der Waals surface area (Å²) in [5, 5.41) is 8.74. The maximum atomic E-state index is 12.3. The third kappa shape index (κ3) is 4.72. The van der Waals surface area contributed by atoms with Gasteiger partial charge in [0.25, 0.3) is 0 Å². The van der Waals surface area contributed by atoms with Crippen molar-refractivity contribution in [2.45, 2.75) is 11.8 Å². The van der Waals surface area contributed by atoms with Crippen LogP contribution in [0.15, 0.2) is 29.2 Å². The maximum absolute atomic E-state index is 12.3. The molecule has 0 atom stereocenters. The van der Waals surface area contributed by atoms with E-state index in [-0.39, 0.29) is 4.90 Å². The summed E-state index contributed by atoms with van der Waals surface area (Å²) in [6.07, 6.45) is 0. The van der Waals surface area contributed by atoms with Gasteiger partial charge in [0.15, 0.2) is 0 Å². The molecule has 8 nitrogen and oxygen atoms in total. The van der Waals surface area contributed by atoms with E-state index in [9.17, 15) is 18.0 Å². The molecule has 21 heavy (non-hydrogen) atoms. The molecule has 0 unspecified atom stereocenters. The minimum atomic E-state index is -4.13. The second-order valence-corrected chi connectivity index (χ2v) is 5.98. The second-order valence-electron chi connectivity index (χ2n) is 4.04. The summed E-state index contributed by atoms with van der Waals surface area (Å²) in [5.41, 5.74) is 4.95. The zero-order valence-electron chi connectivity index (χ0n) is 11.4. The number of amides is 1. The lowest BCUT2D eigenvalue weighted by Gasteiger charge is -2.18. The first-order valence-electron chi connectivity index (χ1n) is 6.00. The minimum Gasteiger partial charge on any atom is -0.494 e. The molecule has 0 aliphatic heterocycles. The Balaban J connectivity index is 3.09. The average Bonchev–Trinajstić information content (AvgIpc) is 2.38. The van der Waals surface area contributed by atoms with Crippen LogP contribution < -0.4 is 10.5 Å². The van der Waals surface area contributed by atoms with Crippen molar-refractivity contribution in [3.63, 3.8) is 0 Å². The summed E-state index contributed by atoms with van der Waals surface area (Å²) in [5.74, 6) is -1.84. The van der Waals surface area contributed by atoms with E-state index in [0.29, 0.717) is 16.7 Å².